The lowest BCUT2D eigenvalue weighted by molar-refractivity contribution is -0.115. The van der Waals surface area contributed by atoms with Crippen LogP contribution in [-0.2, 0) is 11.2 Å². The van der Waals surface area contributed by atoms with Crippen LogP contribution in [0.5, 0.6) is 0 Å². The Morgan fingerprint density at radius 1 is 1.32 bits per heavy atom. The molecule has 2 aromatic rings. The molecule has 1 aromatic carbocycles. The van der Waals surface area contributed by atoms with Crippen LogP contribution in [0.25, 0.3) is 0 Å². The number of nitrogens with one attached hydrogen (secondary N) is 2. The highest BCUT2D eigenvalue weighted by atomic mass is 79.9. The number of piperidine rings is 1. The van der Waals surface area contributed by atoms with Gasteiger partial charge in [0.2, 0.25) is 5.91 Å². The third-order valence-electron chi connectivity index (χ3n) is 3.79. The number of amides is 1. The highest BCUT2D eigenvalue weighted by Gasteiger charge is 2.18. The van der Waals surface area contributed by atoms with Crippen molar-refractivity contribution in [3.63, 3.8) is 0 Å². The molecule has 2 heterocycles. The molecule has 116 valence electrons. The molecule has 0 saturated carbocycles. The van der Waals surface area contributed by atoms with Gasteiger partial charge in [0.25, 0.3) is 0 Å². The standard InChI is InChI=1S/C16H18BrN3OS/c17-13-3-1-11(2-4-13)9-15(21)20-16-19-10-14(22-16)12-5-7-18-8-6-12/h1-4,10,12,18H,5-9H2,(H,19,20,21). The van der Waals surface area contributed by atoms with Gasteiger partial charge in [-0.25, -0.2) is 4.98 Å². The molecule has 1 aromatic heterocycles. The summed E-state index contributed by atoms with van der Waals surface area (Å²) >= 11 is 5.00. The van der Waals surface area contributed by atoms with Gasteiger partial charge in [0.15, 0.2) is 5.13 Å². The average Bonchev–Trinajstić information content (AvgIpc) is 2.99. The van der Waals surface area contributed by atoms with Crippen molar-refractivity contribution >= 4 is 38.3 Å². The molecule has 0 spiro atoms. The van der Waals surface area contributed by atoms with Crippen molar-refractivity contribution in [3.05, 3.63) is 45.4 Å². The molecular formula is C16H18BrN3OS. The van der Waals surface area contributed by atoms with Crippen LogP contribution in [0.15, 0.2) is 34.9 Å². The molecule has 0 radical (unpaired) electrons. The first-order valence-electron chi connectivity index (χ1n) is 7.41. The predicted molar refractivity (Wildman–Crippen MR) is 93.4 cm³/mol. The summed E-state index contributed by atoms with van der Waals surface area (Å²) in [5.74, 6) is 0.560. The third kappa shape index (κ3) is 4.15. The predicted octanol–water partition coefficient (Wildman–Crippen LogP) is 3.55. The van der Waals surface area contributed by atoms with E-state index in [2.05, 4.69) is 31.5 Å². The van der Waals surface area contributed by atoms with Crippen LogP contribution in [-0.4, -0.2) is 24.0 Å². The van der Waals surface area contributed by atoms with Gasteiger partial charge in [-0.15, -0.1) is 11.3 Å². The highest BCUT2D eigenvalue weighted by Crippen LogP contribution is 2.31. The van der Waals surface area contributed by atoms with Crippen LogP contribution in [0, 0.1) is 0 Å². The maximum absolute atomic E-state index is 12.1. The summed E-state index contributed by atoms with van der Waals surface area (Å²) in [6.07, 6.45) is 4.58. The number of rotatable bonds is 4. The van der Waals surface area contributed by atoms with Crippen LogP contribution in [0.2, 0.25) is 0 Å². The number of hydrogen-bond donors (Lipinski definition) is 2. The zero-order chi connectivity index (χ0) is 15.4. The van der Waals surface area contributed by atoms with E-state index in [1.165, 1.54) is 4.88 Å². The van der Waals surface area contributed by atoms with Gasteiger partial charge in [0.1, 0.15) is 0 Å². The number of carbonyl (C=O) groups is 1. The molecule has 1 aliphatic heterocycles. The van der Waals surface area contributed by atoms with Gasteiger partial charge in [-0.2, -0.15) is 0 Å². The molecule has 3 rings (SSSR count). The number of hydrogen-bond acceptors (Lipinski definition) is 4. The Morgan fingerprint density at radius 3 is 2.77 bits per heavy atom. The minimum Gasteiger partial charge on any atom is -0.317 e. The van der Waals surface area contributed by atoms with Crippen LogP contribution in [0.4, 0.5) is 5.13 Å². The number of aromatic nitrogens is 1. The van der Waals surface area contributed by atoms with Gasteiger partial charge in [0, 0.05) is 15.5 Å². The fraction of sp³-hybridized carbons (Fsp3) is 0.375. The summed E-state index contributed by atoms with van der Waals surface area (Å²) in [5.41, 5.74) is 0.996. The number of carbonyl (C=O) groups excluding carboxylic acids is 1. The molecule has 1 saturated heterocycles. The Morgan fingerprint density at radius 2 is 2.05 bits per heavy atom. The number of thiazole rings is 1. The average molecular weight is 380 g/mol. The van der Waals surface area contributed by atoms with Crippen molar-refractivity contribution < 1.29 is 4.79 Å². The lowest BCUT2D eigenvalue weighted by Crippen LogP contribution is -2.26. The maximum Gasteiger partial charge on any atom is 0.230 e. The quantitative estimate of drug-likeness (QED) is 0.853. The Balaban J connectivity index is 1.57. The smallest absolute Gasteiger partial charge is 0.230 e. The van der Waals surface area contributed by atoms with Gasteiger partial charge in [0.05, 0.1) is 6.42 Å². The lowest BCUT2D eigenvalue weighted by atomic mass is 9.97. The maximum atomic E-state index is 12.1. The van der Waals surface area contributed by atoms with E-state index in [4.69, 9.17) is 0 Å². The second kappa shape index (κ2) is 7.35. The van der Waals surface area contributed by atoms with Gasteiger partial charge >= 0.3 is 0 Å². The van der Waals surface area contributed by atoms with Crippen LogP contribution >= 0.6 is 27.3 Å². The molecular weight excluding hydrogens is 362 g/mol. The molecule has 22 heavy (non-hydrogen) atoms. The molecule has 1 fully saturated rings. The topological polar surface area (TPSA) is 54.0 Å². The van der Waals surface area contributed by atoms with Gasteiger partial charge in [-0.05, 0) is 49.5 Å². The van der Waals surface area contributed by atoms with Gasteiger partial charge in [-0.1, -0.05) is 28.1 Å². The van der Waals surface area contributed by atoms with Crippen molar-refractivity contribution in [2.24, 2.45) is 0 Å². The minimum atomic E-state index is -0.0199. The largest absolute Gasteiger partial charge is 0.317 e. The third-order valence-corrected chi connectivity index (χ3v) is 5.39. The summed E-state index contributed by atoms with van der Waals surface area (Å²) in [6.45, 7) is 2.13. The Labute approximate surface area is 142 Å². The van der Waals surface area contributed by atoms with Crippen LogP contribution < -0.4 is 10.6 Å². The molecule has 0 bridgehead atoms. The lowest BCUT2D eigenvalue weighted by Gasteiger charge is -2.20. The van der Waals surface area contributed by atoms with Crippen molar-refractivity contribution in [1.29, 1.82) is 0 Å². The number of anilines is 1. The monoisotopic (exact) mass is 379 g/mol. The fourth-order valence-corrected chi connectivity index (χ4v) is 3.86. The van der Waals surface area contributed by atoms with E-state index in [1.54, 1.807) is 11.3 Å². The van der Waals surface area contributed by atoms with Gasteiger partial charge in [-0.3, -0.25) is 4.79 Å². The van der Waals surface area contributed by atoms with E-state index >= 15 is 0 Å². The van der Waals surface area contributed by atoms with E-state index in [1.807, 2.05) is 30.5 Å². The number of halogens is 1. The van der Waals surface area contributed by atoms with Gasteiger partial charge < -0.3 is 10.6 Å². The Bertz CT molecular complexity index is 635. The Hall–Kier alpha value is -1.24. The molecule has 2 N–H and O–H groups in total. The highest BCUT2D eigenvalue weighted by molar-refractivity contribution is 9.10. The summed E-state index contributed by atoms with van der Waals surface area (Å²) in [7, 11) is 0. The zero-order valence-corrected chi connectivity index (χ0v) is 14.5. The van der Waals surface area contributed by atoms with E-state index < -0.39 is 0 Å². The number of nitrogens with zero attached hydrogens (tertiary/aromatic N) is 1. The summed E-state index contributed by atoms with van der Waals surface area (Å²) in [5, 5.41) is 6.98. The molecule has 0 aliphatic carbocycles. The van der Waals surface area contributed by atoms with E-state index in [0.717, 1.165) is 36.0 Å². The van der Waals surface area contributed by atoms with E-state index in [-0.39, 0.29) is 5.91 Å². The first-order valence-corrected chi connectivity index (χ1v) is 9.02. The van der Waals surface area contributed by atoms with E-state index in [0.29, 0.717) is 17.5 Å². The second-order valence-corrected chi connectivity index (χ2v) is 7.42. The molecule has 6 heteroatoms. The molecule has 4 nitrogen and oxygen atoms in total. The van der Waals surface area contributed by atoms with Crippen LogP contribution in [0.3, 0.4) is 0 Å². The SMILES string of the molecule is O=C(Cc1ccc(Br)cc1)Nc1ncc(C2CCNCC2)s1. The molecule has 1 amide bonds. The van der Waals surface area contributed by atoms with Crippen molar-refractivity contribution in [2.75, 3.05) is 18.4 Å². The second-order valence-electron chi connectivity index (χ2n) is 5.44. The molecule has 0 atom stereocenters. The fourth-order valence-electron chi connectivity index (χ4n) is 2.59. The summed E-state index contributed by atoms with van der Waals surface area (Å²) in [4.78, 5) is 17.7. The van der Waals surface area contributed by atoms with Crippen molar-refractivity contribution in [3.8, 4) is 0 Å². The molecule has 0 unspecified atom stereocenters. The normalized spacial score (nSPS) is 15.7. The zero-order valence-electron chi connectivity index (χ0n) is 12.1. The first-order chi connectivity index (χ1) is 10.7. The molecule has 1 aliphatic rings. The summed E-state index contributed by atoms with van der Waals surface area (Å²) in [6, 6.07) is 7.79. The number of benzene rings is 1. The van der Waals surface area contributed by atoms with Crippen molar-refractivity contribution in [1.82, 2.24) is 10.3 Å². The minimum absolute atomic E-state index is 0.0199. The Kier molecular flexibility index (Phi) is 5.23. The summed E-state index contributed by atoms with van der Waals surface area (Å²) < 4.78 is 1.02. The van der Waals surface area contributed by atoms with Crippen LogP contribution in [0.1, 0.15) is 29.2 Å². The first kappa shape index (κ1) is 15.6. The van der Waals surface area contributed by atoms with E-state index in [9.17, 15) is 4.79 Å². The van der Waals surface area contributed by atoms with Crippen molar-refractivity contribution in [2.45, 2.75) is 25.2 Å².